The molecule has 2 aliphatic carbocycles. The number of H-pyrrole nitrogens is 1. The van der Waals surface area contributed by atoms with E-state index in [1.165, 1.54) is 182 Å². The van der Waals surface area contributed by atoms with Crippen molar-refractivity contribution in [1.29, 1.82) is 0 Å². The second kappa shape index (κ2) is 25.0. The molecule has 6 aromatic heterocycles. The molecule has 6 heterocycles. The van der Waals surface area contributed by atoms with Crippen molar-refractivity contribution in [2.45, 2.75) is 0 Å². The van der Waals surface area contributed by atoms with Crippen LogP contribution >= 0.6 is 11.6 Å². The fraction of sp³-hybridized carbons (Fsp3) is 0. The number of benzene rings is 16. The second-order valence-corrected chi connectivity index (χ2v) is 28.9. The molecule has 22 aromatic rings. The molecule has 0 atom stereocenters. The smallest absolute Gasteiger partial charge is 0.138 e. The third kappa shape index (κ3) is 10.1. The van der Waals surface area contributed by atoms with Crippen molar-refractivity contribution in [2.75, 3.05) is 0 Å². The molecular formula is C102H63ClN6. The second-order valence-electron chi connectivity index (χ2n) is 28.5. The Labute approximate surface area is 632 Å². The molecule has 6 nitrogen and oxygen atoms in total. The first-order valence-corrected chi connectivity index (χ1v) is 37.5. The standard InChI is InChI=1S/C51H31N3.C36H24N2.C15H8ClN/c1-2-12-32(13-3-1)33-14-10-15-36(28-33)53-46-22-8-6-18-39(46)42-29-34(24-26-48(42)53)35-25-27-49-43(30-35)40-19-7-9-23-47(40)54(49)50-31-44-38-17-5-4-16-37(38)41-20-11-21-45(52-50)51(41)44;1-2-9-24(10-3-1)25-11-8-12-28(21-25)38-35-16-7-5-14-30(35)32-23-27(18-20-36(32)38)26-17-19-34-31(22-26)29-13-4-6-15-33(29)37-34;16-14-8-12-10-5-2-1-4-9(10)11-6-3-7-13(17-14)15(11)12/h1-31H;1-23,37H;1-8H. The fourth-order valence-electron chi connectivity index (χ4n) is 17.6. The fourth-order valence-corrected chi connectivity index (χ4v) is 17.8. The van der Waals surface area contributed by atoms with Crippen LogP contribution in [0.4, 0.5) is 0 Å². The number of para-hydroxylation sites is 4. The van der Waals surface area contributed by atoms with Crippen LogP contribution in [0.25, 0.3) is 215 Å². The molecule has 7 heteroatoms. The van der Waals surface area contributed by atoms with Gasteiger partial charge in [-0.15, -0.1) is 0 Å². The molecule has 0 amide bonds. The zero-order valence-electron chi connectivity index (χ0n) is 58.9. The molecule has 0 bridgehead atoms. The average Bonchev–Trinajstić information content (AvgIpc) is 1.57. The maximum atomic E-state index is 6.08. The maximum Gasteiger partial charge on any atom is 0.138 e. The number of aromatic amines is 1. The Morgan fingerprint density at radius 1 is 0.211 bits per heavy atom. The first-order valence-electron chi connectivity index (χ1n) is 37.1. The van der Waals surface area contributed by atoms with E-state index in [0.717, 1.165) is 33.6 Å². The molecule has 16 aromatic carbocycles. The lowest BCUT2D eigenvalue weighted by molar-refractivity contribution is 1.10. The van der Waals surface area contributed by atoms with Gasteiger partial charge in [0.25, 0.3) is 0 Å². The highest BCUT2D eigenvalue weighted by Gasteiger charge is 2.26. The number of halogens is 1. The van der Waals surface area contributed by atoms with Crippen molar-refractivity contribution in [3.05, 3.63) is 381 Å². The number of pyridine rings is 2. The molecule has 0 saturated heterocycles. The molecular weight excluding hydrogens is 1340 g/mol. The average molecular weight is 1410 g/mol. The topological polar surface area (TPSA) is 56.4 Å². The minimum atomic E-state index is 0.557. The van der Waals surface area contributed by atoms with Gasteiger partial charge >= 0.3 is 0 Å². The van der Waals surface area contributed by atoms with Crippen LogP contribution in [0.3, 0.4) is 0 Å². The van der Waals surface area contributed by atoms with Crippen LogP contribution in [-0.4, -0.2) is 28.7 Å². The number of hydrogen-bond acceptors (Lipinski definition) is 2. The summed E-state index contributed by atoms with van der Waals surface area (Å²) in [5, 5.41) is 13.0. The highest BCUT2D eigenvalue weighted by atomic mass is 35.5. The summed E-state index contributed by atoms with van der Waals surface area (Å²) >= 11 is 6.08. The summed E-state index contributed by atoms with van der Waals surface area (Å²) in [6, 6.07) is 135. The van der Waals surface area contributed by atoms with E-state index in [0.29, 0.717) is 5.15 Å². The first kappa shape index (κ1) is 62.2. The summed E-state index contributed by atoms with van der Waals surface area (Å²) in [7, 11) is 0. The number of fused-ring (bicyclic) bond motifs is 18. The lowest BCUT2D eigenvalue weighted by atomic mass is 10.0. The van der Waals surface area contributed by atoms with Gasteiger partial charge in [-0.2, -0.15) is 0 Å². The van der Waals surface area contributed by atoms with Crippen molar-refractivity contribution < 1.29 is 0 Å². The van der Waals surface area contributed by atoms with Gasteiger partial charge in [0.05, 0.1) is 44.1 Å². The summed E-state index contributed by atoms with van der Waals surface area (Å²) in [6.45, 7) is 0. The van der Waals surface area contributed by atoms with E-state index in [1.807, 2.05) is 18.2 Å². The molecule has 0 radical (unpaired) electrons. The summed E-state index contributed by atoms with van der Waals surface area (Å²) in [5.74, 6) is 0.941. The van der Waals surface area contributed by atoms with Crippen LogP contribution in [0.15, 0.2) is 376 Å². The molecule has 0 unspecified atom stereocenters. The van der Waals surface area contributed by atoms with Gasteiger partial charge in [-0.25, -0.2) is 9.97 Å². The van der Waals surface area contributed by atoms with Crippen LogP contribution < -0.4 is 0 Å². The minimum Gasteiger partial charge on any atom is -0.355 e. The quantitative estimate of drug-likeness (QED) is 0.162. The van der Waals surface area contributed by atoms with Gasteiger partial charge in [0.15, 0.2) is 0 Å². The van der Waals surface area contributed by atoms with Crippen LogP contribution in [0.5, 0.6) is 0 Å². The highest BCUT2D eigenvalue weighted by Crippen LogP contribution is 2.50. The molecule has 0 spiro atoms. The van der Waals surface area contributed by atoms with Gasteiger partial charge in [-0.05, 0) is 210 Å². The molecule has 109 heavy (non-hydrogen) atoms. The third-order valence-electron chi connectivity index (χ3n) is 22.5. The zero-order chi connectivity index (χ0) is 71.8. The van der Waals surface area contributed by atoms with E-state index in [-0.39, 0.29) is 0 Å². The van der Waals surface area contributed by atoms with Crippen molar-refractivity contribution in [3.8, 4) is 106 Å². The monoisotopic (exact) mass is 1410 g/mol. The number of rotatable bonds is 7. The van der Waals surface area contributed by atoms with Gasteiger partial charge in [0.1, 0.15) is 11.0 Å². The van der Waals surface area contributed by atoms with E-state index in [1.54, 1.807) is 0 Å². The predicted molar refractivity (Wildman–Crippen MR) is 458 cm³/mol. The first-order chi connectivity index (χ1) is 54.0. The Morgan fingerprint density at radius 2 is 0.560 bits per heavy atom. The van der Waals surface area contributed by atoms with Crippen LogP contribution in [0, 0.1) is 0 Å². The Morgan fingerprint density at radius 3 is 1.07 bits per heavy atom. The third-order valence-corrected chi connectivity index (χ3v) is 22.7. The van der Waals surface area contributed by atoms with Crippen LogP contribution in [0.2, 0.25) is 5.15 Å². The summed E-state index contributed by atoms with van der Waals surface area (Å²) in [4.78, 5) is 13.2. The lowest BCUT2D eigenvalue weighted by Crippen LogP contribution is -1.98. The Kier molecular flexibility index (Phi) is 14.3. The van der Waals surface area contributed by atoms with Crippen molar-refractivity contribution in [1.82, 2.24) is 28.7 Å². The number of nitrogens with zero attached hydrogens (tertiary/aromatic N) is 5. The van der Waals surface area contributed by atoms with E-state index in [9.17, 15) is 0 Å². The molecule has 508 valence electrons. The van der Waals surface area contributed by atoms with E-state index < -0.39 is 0 Å². The largest absolute Gasteiger partial charge is 0.355 e. The van der Waals surface area contributed by atoms with Gasteiger partial charge in [-0.3, -0.25) is 4.57 Å². The molecule has 1 N–H and O–H groups in total. The van der Waals surface area contributed by atoms with Crippen molar-refractivity contribution in [3.63, 3.8) is 0 Å². The predicted octanol–water partition coefficient (Wildman–Crippen LogP) is 27.7. The van der Waals surface area contributed by atoms with Crippen molar-refractivity contribution in [2.24, 2.45) is 0 Å². The Hall–Kier alpha value is -14.2. The van der Waals surface area contributed by atoms with Gasteiger partial charge < -0.3 is 14.1 Å². The number of nitrogens with one attached hydrogen (secondary N) is 1. The van der Waals surface area contributed by atoms with E-state index in [2.05, 4.69) is 382 Å². The van der Waals surface area contributed by atoms with Gasteiger partial charge in [-0.1, -0.05) is 266 Å². The van der Waals surface area contributed by atoms with Crippen LogP contribution in [-0.2, 0) is 0 Å². The SMILES string of the molecule is Clc1cc2c3c(cccc3n1)-c1ccccc1-2.c1ccc(-c2cccc(-n3c4ccccc4c4cc(-c5ccc6[nH]c7ccccc7c6c5)ccc43)c2)cc1.c1ccc(-c2cccc(-n3c4ccccc4c4cc(-c5ccc6c(c5)c5ccccc5n6-c5cc6c7c(cccc7n5)-c5ccccc5-6)ccc43)c2)cc1. The lowest BCUT2D eigenvalue weighted by Gasteiger charge is -2.11. The summed E-state index contributed by atoms with van der Waals surface area (Å²) < 4.78 is 7.14. The maximum absolute atomic E-state index is 6.08. The van der Waals surface area contributed by atoms with Crippen molar-refractivity contribution >= 4 is 121 Å². The Bertz CT molecular complexity index is 7500. The molecule has 2 aliphatic rings. The van der Waals surface area contributed by atoms with E-state index in [4.69, 9.17) is 16.6 Å². The molecule has 0 fully saturated rings. The molecule has 24 rings (SSSR count). The molecule has 0 aliphatic heterocycles. The zero-order valence-corrected chi connectivity index (χ0v) is 59.7. The number of aromatic nitrogens is 6. The van der Waals surface area contributed by atoms with Crippen LogP contribution in [0.1, 0.15) is 0 Å². The minimum absolute atomic E-state index is 0.557. The van der Waals surface area contributed by atoms with E-state index >= 15 is 0 Å². The normalized spacial score (nSPS) is 11.9. The molecule has 0 saturated carbocycles. The Balaban J connectivity index is 0.000000115. The number of hydrogen-bond donors (Lipinski definition) is 1. The highest BCUT2D eigenvalue weighted by molar-refractivity contribution is 6.31. The van der Waals surface area contributed by atoms with Gasteiger partial charge in [0.2, 0.25) is 0 Å². The summed E-state index contributed by atoms with van der Waals surface area (Å²) in [6.07, 6.45) is 0. The van der Waals surface area contributed by atoms with Gasteiger partial charge in [0, 0.05) is 76.3 Å². The summed E-state index contributed by atoms with van der Waals surface area (Å²) in [5.41, 5.74) is 33.6.